The Morgan fingerprint density at radius 1 is 1.35 bits per heavy atom. The highest BCUT2D eigenvalue weighted by molar-refractivity contribution is 5.90. The van der Waals surface area contributed by atoms with Crippen LogP contribution in [0.15, 0.2) is 30.3 Å². The summed E-state index contributed by atoms with van der Waals surface area (Å²) in [5, 5.41) is 8.78. The standard InChI is InChI=1S/C14H18O3/c1-10(2)11-4-6-12(7-5-11)13(9-17-3)8-14(15)16/h4-8,10H,9H2,1-3H3,(H,15,16)/b13-8+. The van der Waals surface area contributed by atoms with Crippen LogP contribution in [0.2, 0.25) is 0 Å². The summed E-state index contributed by atoms with van der Waals surface area (Å²) >= 11 is 0. The SMILES string of the molecule is COC/C(=C\C(=O)O)c1ccc(C(C)C)cc1. The first-order valence-corrected chi connectivity index (χ1v) is 5.57. The van der Waals surface area contributed by atoms with E-state index in [-0.39, 0.29) is 0 Å². The van der Waals surface area contributed by atoms with Crippen molar-refractivity contribution in [2.75, 3.05) is 13.7 Å². The lowest BCUT2D eigenvalue weighted by Crippen LogP contribution is -1.99. The summed E-state index contributed by atoms with van der Waals surface area (Å²) in [6, 6.07) is 7.91. The molecule has 0 aliphatic rings. The van der Waals surface area contributed by atoms with Gasteiger partial charge in [-0.3, -0.25) is 0 Å². The van der Waals surface area contributed by atoms with E-state index in [1.165, 1.54) is 11.6 Å². The molecule has 0 aliphatic heterocycles. The van der Waals surface area contributed by atoms with Crippen molar-refractivity contribution >= 4 is 11.5 Å². The Morgan fingerprint density at radius 2 is 1.94 bits per heavy atom. The number of benzene rings is 1. The average molecular weight is 234 g/mol. The van der Waals surface area contributed by atoms with E-state index in [0.717, 1.165) is 5.56 Å². The maximum absolute atomic E-state index is 10.7. The Kier molecular flexibility index (Phi) is 4.91. The van der Waals surface area contributed by atoms with E-state index >= 15 is 0 Å². The Hall–Kier alpha value is -1.61. The molecule has 0 atom stereocenters. The lowest BCUT2D eigenvalue weighted by Gasteiger charge is -2.09. The summed E-state index contributed by atoms with van der Waals surface area (Å²) in [5.74, 6) is -0.483. The number of rotatable bonds is 5. The highest BCUT2D eigenvalue weighted by atomic mass is 16.5. The third-order valence-corrected chi connectivity index (χ3v) is 2.55. The number of aliphatic carboxylic acids is 1. The zero-order chi connectivity index (χ0) is 12.8. The van der Waals surface area contributed by atoms with E-state index in [9.17, 15) is 4.79 Å². The molecule has 0 unspecified atom stereocenters. The van der Waals surface area contributed by atoms with Gasteiger partial charge in [0.1, 0.15) is 0 Å². The quantitative estimate of drug-likeness (QED) is 0.797. The predicted molar refractivity (Wildman–Crippen MR) is 68.0 cm³/mol. The molecule has 0 bridgehead atoms. The molecule has 0 heterocycles. The van der Waals surface area contributed by atoms with Crippen molar-refractivity contribution in [2.24, 2.45) is 0 Å². The minimum atomic E-state index is -0.954. The van der Waals surface area contributed by atoms with Crippen LogP contribution in [-0.2, 0) is 9.53 Å². The fourth-order valence-corrected chi connectivity index (χ4v) is 1.59. The Bertz CT molecular complexity index is 402. The van der Waals surface area contributed by atoms with Gasteiger partial charge in [0.15, 0.2) is 0 Å². The van der Waals surface area contributed by atoms with Gasteiger partial charge in [0.2, 0.25) is 0 Å². The van der Waals surface area contributed by atoms with Crippen LogP contribution in [0.3, 0.4) is 0 Å². The lowest BCUT2D eigenvalue weighted by atomic mass is 9.99. The van der Waals surface area contributed by atoms with Gasteiger partial charge >= 0.3 is 5.97 Å². The molecule has 0 saturated heterocycles. The highest BCUT2D eigenvalue weighted by Gasteiger charge is 2.05. The summed E-state index contributed by atoms with van der Waals surface area (Å²) in [6.45, 7) is 4.55. The van der Waals surface area contributed by atoms with Gasteiger partial charge in [-0.25, -0.2) is 4.79 Å². The van der Waals surface area contributed by atoms with Crippen LogP contribution in [0.1, 0.15) is 30.9 Å². The number of hydrogen-bond donors (Lipinski definition) is 1. The van der Waals surface area contributed by atoms with Gasteiger partial charge in [0.25, 0.3) is 0 Å². The van der Waals surface area contributed by atoms with E-state index in [0.29, 0.717) is 18.1 Å². The minimum Gasteiger partial charge on any atom is -0.478 e. The fourth-order valence-electron chi connectivity index (χ4n) is 1.59. The first kappa shape index (κ1) is 13.5. The number of carbonyl (C=O) groups is 1. The van der Waals surface area contributed by atoms with Gasteiger partial charge in [-0.1, -0.05) is 38.1 Å². The van der Waals surface area contributed by atoms with E-state index in [4.69, 9.17) is 9.84 Å². The maximum Gasteiger partial charge on any atom is 0.328 e. The zero-order valence-corrected chi connectivity index (χ0v) is 10.4. The predicted octanol–water partition coefficient (Wildman–Crippen LogP) is 2.92. The topological polar surface area (TPSA) is 46.5 Å². The van der Waals surface area contributed by atoms with Crippen molar-refractivity contribution in [1.82, 2.24) is 0 Å². The third-order valence-electron chi connectivity index (χ3n) is 2.55. The van der Waals surface area contributed by atoms with Gasteiger partial charge in [-0.2, -0.15) is 0 Å². The molecule has 3 nitrogen and oxygen atoms in total. The van der Waals surface area contributed by atoms with Gasteiger partial charge in [-0.05, 0) is 22.6 Å². The van der Waals surface area contributed by atoms with Crippen molar-refractivity contribution < 1.29 is 14.6 Å². The second-order valence-corrected chi connectivity index (χ2v) is 4.22. The fraction of sp³-hybridized carbons (Fsp3) is 0.357. The monoisotopic (exact) mass is 234 g/mol. The minimum absolute atomic E-state index is 0.299. The Labute approximate surface area is 102 Å². The van der Waals surface area contributed by atoms with E-state index in [2.05, 4.69) is 13.8 Å². The Morgan fingerprint density at radius 3 is 2.35 bits per heavy atom. The molecule has 92 valence electrons. The third kappa shape index (κ3) is 4.04. The molecule has 0 aliphatic carbocycles. The van der Waals surface area contributed by atoms with Crippen LogP contribution in [0.5, 0.6) is 0 Å². The van der Waals surface area contributed by atoms with Crippen molar-refractivity contribution in [3.8, 4) is 0 Å². The number of carboxylic acids is 1. The molecule has 0 radical (unpaired) electrons. The summed E-state index contributed by atoms with van der Waals surface area (Å²) in [6.07, 6.45) is 1.19. The number of methoxy groups -OCH3 is 1. The van der Waals surface area contributed by atoms with Crippen molar-refractivity contribution in [2.45, 2.75) is 19.8 Å². The molecule has 17 heavy (non-hydrogen) atoms. The van der Waals surface area contributed by atoms with Crippen LogP contribution in [0.4, 0.5) is 0 Å². The van der Waals surface area contributed by atoms with Crippen LogP contribution in [0, 0.1) is 0 Å². The number of hydrogen-bond acceptors (Lipinski definition) is 2. The molecule has 0 amide bonds. The average Bonchev–Trinajstić information content (AvgIpc) is 2.28. The lowest BCUT2D eigenvalue weighted by molar-refractivity contribution is -0.131. The second kappa shape index (κ2) is 6.21. The van der Waals surface area contributed by atoms with Crippen molar-refractivity contribution in [1.29, 1.82) is 0 Å². The molecule has 0 spiro atoms. The Balaban J connectivity index is 2.99. The molecule has 1 N–H and O–H groups in total. The molecule has 0 fully saturated rings. The van der Waals surface area contributed by atoms with E-state index in [1.807, 2.05) is 24.3 Å². The van der Waals surface area contributed by atoms with Crippen LogP contribution < -0.4 is 0 Å². The van der Waals surface area contributed by atoms with E-state index < -0.39 is 5.97 Å². The summed E-state index contributed by atoms with van der Waals surface area (Å²) in [5.41, 5.74) is 2.80. The van der Waals surface area contributed by atoms with Crippen molar-refractivity contribution in [3.05, 3.63) is 41.5 Å². The summed E-state index contributed by atoms with van der Waals surface area (Å²) < 4.78 is 5.01. The number of carboxylic acid groups (broad SMARTS) is 1. The normalized spacial score (nSPS) is 11.9. The maximum atomic E-state index is 10.7. The smallest absolute Gasteiger partial charge is 0.328 e. The molecule has 1 rings (SSSR count). The van der Waals surface area contributed by atoms with Crippen LogP contribution in [-0.4, -0.2) is 24.8 Å². The van der Waals surface area contributed by atoms with Crippen LogP contribution in [0.25, 0.3) is 5.57 Å². The molecular weight excluding hydrogens is 216 g/mol. The van der Waals surface area contributed by atoms with Gasteiger partial charge < -0.3 is 9.84 Å². The summed E-state index contributed by atoms with van der Waals surface area (Å²) in [4.78, 5) is 10.7. The molecular formula is C14H18O3. The summed E-state index contributed by atoms with van der Waals surface area (Å²) in [7, 11) is 1.55. The van der Waals surface area contributed by atoms with Crippen molar-refractivity contribution in [3.63, 3.8) is 0 Å². The molecule has 1 aromatic rings. The number of ether oxygens (including phenoxy) is 1. The molecule has 0 aromatic heterocycles. The molecule has 1 aromatic carbocycles. The zero-order valence-electron chi connectivity index (χ0n) is 10.4. The molecule has 0 saturated carbocycles. The molecule has 3 heteroatoms. The first-order valence-electron chi connectivity index (χ1n) is 5.57. The second-order valence-electron chi connectivity index (χ2n) is 4.22. The van der Waals surface area contributed by atoms with E-state index in [1.54, 1.807) is 7.11 Å². The van der Waals surface area contributed by atoms with Gasteiger partial charge in [-0.15, -0.1) is 0 Å². The first-order chi connectivity index (χ1) is 8.04. The van der Waals surface area contributed by atoms with Gasteiger partial charge in [0, 0.05) is 13.2 Å². The van der Waals surface area contributed by atoms with Gasteiger partial charge in [0.05, 0.1) is 6.61 Å². The highest BCUT2D eigenvalue weighted by Crippen LogP contribution is 2.19. The largest absolute Gasteiger partial charge is 0.478 e. The van der Waals surface area contributed by atoms with Crippen LogP contribution >= 0.6 is 0 Å².